The molecule has 1 aromatic heterocycles. The molecule has 1 aromatic carbocycles. The number of hydrogen-bond donors (Lipinski definition) is 2. The van der Waals surface area contributed by atoms with Crippen LogP contribution in [-0.2, 0) is 11.2 Å². The lowest BCUT2D eigenvalue weighted by Gasteiger charge is -2.11. The van der Waals surface area contributed by atoms with Crippen molar-refractivity contribution in [2.24, 2.45) is 0 Å². The van der Waals surface area contributed by atoms with Crippen LogP contribution in [-0.4, -0.2) is 49.7 Å². The Morgan fingerprint density at radius 2 is 1.86 bits per heavy atom. The minimum absolute atomic E-state index is 0.0606. The molecule has 2 N–H and O–H groups in total. The van der Waals surface area contributed by atoms with Crippen molar-refractivity contribution >= 4 is 11.8 Å². The number of ether oxygens (including phenoxy) is 2. The van der Waals surface area contributed by atoms with Gasteiger partial charge < -0.3 is 20.1 Å². The summed E-state index contributed by atoms with van der Waals surface area (Å²) in [6, 6.07) is 12.5. The summed E-state index contributed by atoms with van der Waals surface area (Å²) in [5, 5.41) is 5.65. The minimum Gasteiger partial charge on any atom is -0.496 e. The third kappa shape index (κ3) is 5.29. The van der Waals surface area contributed by atoms with Crippen LogP contribution < -0.4 is 15.4 Å². The van der Waals surface area contributed by atoms with Crippen molar-refractivity contribution in [1.29, 1.82) is 0 Å². The number of carbonyl (C=O) groups excluding carboxylic acids is 2. The summed E-state index contributed by atoms with van der Waals surface area (Å²) in [5.41, 5.74) is 1.45. The van der Waals surface area contributed by atoms with Crippen LogP contribution in [0, 0.1) is 0 Å². The Labute approximate surface area is 164 Å². The number of nitrogens with one attached hydrogen (secondary N) is 2. The van der Waals surface area contributed by atoms with E-state index in [0.29, 0.717) is 19.5 Å². The van der Waals surface area contributed by atoms with E-state index >= 15 is 0 Å². The van der Waals surface area contributed by atoms with Crippen LogP contribution in [0.1, 0.15) is 39.4 Å². The van der Waals surface area contributed by atoms with Crippen molar-refractivity contribution in [2.75, 3.05) is 26.8 Å². The maximum Gasteiger partial charge on any atom is 0.269 e. The Bertz CT molecular complexity index is 819. The van der Waals surface area contributed by atoms with Gasteiger partial charge in [0.25, 0.3) is 11.8 Å². The van der Waals surface area contributed by atoms with E-state index in [1.54, 1.807) is 25.3 Å². The predicted molar refractivity (Wildman–Crippen MR) is 105 cm³/mol. The second-order valence-electron chi connectivity index (χ2n) is 6.57. The Kier molecular flexibility index (Phi) is 6.97. The van der Waals surface area contributed by atoms with Gasteiger partial charge in [-0.25, -0.2) is 4.98 Å². The maximum atomic E-state index is 12.4. The normalized spacial score (nSPS) is 15.8. The Morgan fingerprint density at radius 3 is 2.57 bits per heavy atom. The zero-order valence-electron chi connectivity index (χ0n) is 15.9. The Hall–Kier alpha value is -2.93. The molecule has 0 radical (unpaired) electrons. The number of aromatic nitrogens is 1. The first-order chi connectivity index (χ1) is 13.7. The fourth-order valence-corrected chi connectivity index (χ4v) is 3.10. The standard InChI is InChI=1S/C21H25N3O4/c1-27-19-10-3-2-6-15(19)11-12-22-20(25)17-8-4-9-18(24-17)21(26)23-14-16-7-5-13-28-16/h2-4,6,8-10,16H,5,7,11-14H2,1H3,(H,22,25)(H,23,26). The topological polar surface area (TPSA) is 89.5 Å². The molecule has 7 heteroatoms. The minimum atomic E-state index is -0.316. The van der Waals surface area contributed by atoms with Crippen LogP contribution in [0.25, 0.3) is 0 Å². The van der Waals surface area contributed by atoms with Crippen LogP contribution in [0.2, 0.25) is 0 Å². The molecule has 0 bridgehead atoms. The summed E-state index contributed by atoms with van der Waals surface area (Å²) in [5.74, 6) is 0.169. The molecule has 0 aliphatic carbocycles. The second kappa shape index (κ2) is 9.85. The van der Waals surface area contributed by atoms with E-state index in [-0.39, 0.29) is 29.3 Å². The summed E-state index contributed by atoms with van der Waals surface area (Å²) in [6.45, 7) is 1.63. The van der Waals surface area contributed by atoms with Crippen LogP contribution in [0.15, 0.2) is 42.5 Å². The highest BCUT2D eigenvalue weighted by molar-refractivity contribution is 5.96. The quantitative estimate of drug-likeness (QED) is 0.728. The lowest BCUT2D eigenvalue weighted by Crippen LogP contribution is -2.33. The highest BCUT2D eigenvalue weighted by Gasteiger charge is 2.18. The molecule has 2 heterocycles. The molecule has 2 aromatic rings. The van der Waals surface area contributed by atoms with Gasteiger partial charge in [0.15, 0.2) is 0 Å². The van der Waals surface area contributed by atoms with E-state index in [2.05, 4.69) is 15.6 Å². The van der Waals surface area contributed by atoms with Gasteiger partial charge in [0, 0.05) is 19.7 Å². The first-order valence-electron chi connectivity index (χ1n) is 9.44. The van der Waals surface area contributed by atoms with E-state index < -0.39 is 0 Å². The zero-order valence-corrected chi connectivity index (χ0v) is 15.9. The number of amides is 2. The lowest BCUT2D eigenvalue weighted by molar-refractivity contribution is 0.0853. The predicted octanol–water partition coefficient (Wildman–Crippen LogP) is 1.97. The van der Waals surface area contributed by atoms with Gasteiger partial charge >= 0.3 is 0 Å². The van der Waals surface area contributed by atoms with Crippen molar-refractivity contribution in [1.82, 2.24) is 15.6 Å². The van der Waals surface area contributed by atoms with E-state index in [1.807, 2.05) is 24.3 Å². The van der Waals surface area contributed by atoms with Crippen molar-refractivity contribution in [3.05, 3.63) is 59.4 Å². The number of hydrogen-bond acceptors (Lipinski definition) is 5. The number of benzene rings is 1. The molecular formula is C21H25N3O4. The van der Waals surface area contributed by atoms with Gasteiger partial charge in [0.05, 0.1) is 13.2 Å². The third-order valence-electron chi connectivity index (χ3n) is 4.60. The molecule has 148 valence electrons. The van der Waals surface area contributed by atoms with Gasteiger partial charge in [-0.3, -0.25) is 9.59 Å². The molecule has 0 saturated carbocycles. The highest BCUT2D eigenvalue weighted by atomic mass is 16.5. The summed E-state index contributed by atoms with van der Waals surface area (Å²) in [4.78, 5) is 28.8. The van der Waals surface area contributed by atoms with Gasteiger partial charge in [-0.15, -0.1) is 0 Å². The smallest absolute Gasteiger partial charge is 0.269 e. The highest BCUT2D eigenvalue weighted by Crippen LogP contribution is 2.17. The Balaban J connectivity index is 1.52. The van der Waals surface area contributed by atoms with Crippen molar-refractivity contribution in [2.45, 2.75) is 25.4 Å². The van der Waals surface area contributed by atoms with Crippen molar-refractivity contribution < 1.29 is 19.1 Å². The van der Waals surface area contributed by atoms with Crippen molar-refractivity contribution in [3.8, 4) is 5.75 Å². The number of nitrogens with zero attached hydrogens (tertiary/aromatic N) is 1. The van der Waals surface area contributed by atoms with Crippen LogP contribution >= 0.6 is 0 Å². The summed E-state index contributed by atoms with van der Waals surface area (Å²) in [6.07, 6.45) is 2.66. The van der Waals surface area contributed by atoms with Gasteiger partial charge in [-0.1, -0.05) is 24.3 Å². The number of pyridine rings is 1. The molecular weight excluding hydrogens is 358 g/mol. The second-order valence-corrected chi connectivity index (χ2v) is 6.57. The number of methoxy groups -OCH3 is 1. The maximum absolute atomic E-state index is 12.4. The van der Waals surface area contributed by atoms with Gasteiger partial charge in [0.1, 0.15) is 17.1 Å². The van der Waals surface area contributed by atoms with E-state index in [9.17, 15) is 9.59 Å². The van der Waals surface area contributed by atoms with E-state index in [1.165, 1.54) is 0 Å². The molecule has 7 nitrogen and oxygen atoms in total. The molecule has 1 atom stereocenters. The van der Waals surface area contributed by atoms with E-state index in [0.717, 1.165) is 30.8 Å². The SMILES string of the molecule is COc1ccccc1CCNC(=O)c1cccc(C(=O)NCC2CCCO2)n1. The summed E-state index contributed by atoms with van der Waals surface area (Å²) in [7, 11) is 1.62. The van der Waals surface area contributed by atoms with Crippen LogP contribution in [0.5, 0.6) is 5.75 Å². The van der Waals surface area contributed by atoms with Gasteiger partial charge in [0.2, 0.25) is 0 Å². The fraction of sp³-hybridized carbons (Fsp3) is 0.381. The summed E-state index contributed by atoms with van der Waals surface area (Å²) >= 11 is 0. The molecule has 0 spiro atoms. The monoisotopic (exact) mass is 383 g/mol. The molecule has 2 amide bonds. The Morgan fingerprint density at radius 1 is 1.11 bits per heavy atom. The van der Waals surface area contributed by atoms with Gasteiger partial charge in [-0.05, 0) is 43.0 Å². The molecule has 1 saturated heterocycles. The fourth-order valence-electron chi connectivity index (χ4n) is 3.10. The van der Waals surface area contributed by atoms with Crippen LogP contribution in [0.4, 0.5) is 0 Å². The average Bonchev–Trinajstić information content (AvgIpc) is 3.26. The van der Waals surface area contributed by atoms with E-state index in [4.69, 9.17) is 9.47 Å². The number of rotatable bonds is 8. The molecule has 1 fully saturated rings. The molecule has 3 rings (SSSR count). The first-order valence-corrected chi connectivity index (χ1v) is 9.44. The largest absolute Gasteiger partial charge is 0.496 e. The molecule has 28 heavy (non-hydrogen) atoms. The average molecular weight is 383 g/mol. The molecule has 1 aliphatic heterocycles. The number of carbonyl (C=O) groups is 2. The lowest BCUT2D eigenvalue weighted by atomic mass is 10.1. The zero-order chi connectivity index (χ0) is 19.8. The molecule has 1 unspecified atom stereocenters. The van der Waals surface area contributed by atoms with Crippen molar-refractivity contribution in [3.63, 3.8) is 0 Å². The van der Waals surface area contributed by atoms with Crippen LogP contribution in [0.3, 0.4) is 0 Å². The first kappa shape index (κ1) is 19.8. The third-order valence-corrected chi connectivity index (χ3v) is 4.60. The number of para-hydroxylation sites is 1. The van der Waals surface area contributed by atoms with Gasteiger partial charge in [-0.2, -0.15) is 0 Å². The molecule has 1 aliphatic rings. The summed E-state index contributed by atoms with van der Waals surface area (Å²) < 4.78 is 10.8.